The molecule has 128 valence electrons. The van der Waals surface area contributed by atoms with Gasteiger partial charge < -0.3 is 10.1 Å². The van der Waals surface area contributed by atoms with Crippen LogP contribution in [0.4, 0.5) is 5.69 Å². The molecule has 0 spiro atoms. The standard InChI is InChI=1S/C19H19N3O3/c1-3-25-15-9-7-14(8-10-15)21-17(23)11-22-12-20-18-13(2)5-4-6-16(18)19(22)24/h4-10,12H,3,11H2,1-2H3,(H,21,23). The summed E-state index contributed by atoms with van der Waals surface area (Å²) in [5.41, 5.74) is 2.01. The summed E-state index contributed by atoms with van der Waals surface area (Å²) in [5.74, 6) is 0.450. The predicted molar refractivity (Wildman–Crippen MR) is 97.0 cm³/mol. The normalized spacial score (nSPS) is 10.6. The van der Waals surface area contributed by atoms with Gasteiger partial charge in [0.25, 0.3) is 5.56 Å². The Bertz CT molecular complexity index is 962. The van der Waals surface area contributed by atoms with Gasteiger partial charge in [-0.1, -0.05) is 12.1 Å². The monoisotopic (exact) mass is 337 g/mol. The zero-order valence-corrected chi connectivity index (χ0v) is 14.2. The third-order valence-corrected chi connectivity index (χ3v) is 3.82. The number of benzene rings is 2. The van der Waals surface area contributed by atoms with E-state index in [0.29, 0.717) is 23.2 Å². The number of nitrogens with zero attached hydrogens (tertiary/aromatic N) is 2. The van der Waals surface area contributed by atoms with Crippen LogP contribution in [0.1, 0.15) is 12.5 Å². The van der Waals surface area contributed by atoms with E-state index in [9.17, 15) is 9.59 Å². The van der Waals surface area contributed by atoms with Crippen molar-refractivity contribution in [2.24, 2.45) is 0 Å². The van der Waals surface area contributed by atoms with Crippen LogP contribution in [0.5, 0.6) is 5.75 Å². The third kappa shape index (κ3) is 3.68. The maximum atomic E-state index is 12.5. The fourth-order valence-electron chi connectivity index (χ4n) is 2.61. The summed E-state index contributed by atoms with van der Waals surface area (Å²) in [6, 6.07) is 12.5. The number of aromatic nitrogens is 2. The lowest BCUT2D eigenvalue weighted by Crippen LogP contribution is -2.28. The van der Waals surface area contributed by atoms with Crippen LogP contribution in [-0.4, -0.2) is 22.1 Å². The SMILES string of the molecule is CCOc1ccc(NC(=O)Cn2cnc3c(C)cccc3c2=O)cc1. The molecule has 0 fully saturated rings. The van der Waals surface area contributed by atoms with Crippen molar-refractivity contribution < 1.29 is 9.53 Å². The van der Waals surface area contributed by atoms with E-state index in [1.54, 1.807) is 30.3 Å². The molecule has 0 saturated heterocycles. The molecule has 0 atom stereocenters. The molecule has 1 aromatic heterocycles. The van der Waals surface area contributed by atoms with Gasteiger partial charge in [-0.3, -0.25) is 14.2 Å². The Kier molecular flexibility index (Phi) is 4.79. The fourth-order valence-corrected chi connectivity index (χ4v) is 2.61. The van der Waals surface area contributed by atoms with Gasteiger partial charge >= 0.3 is 0 Å². The molecular formula is C19H19N3O3. The Hall–Kier alpha value is -3.15. The predicted octanol–water partition coefficient (Wildman–Crippen LogP) is 2.74. The first-order chi connectivity index (χ1) is 12.1. The van der Waals surface area contributed by atoms with Crippen LogP contribution in [0.25, 0.3) is 10.9 Å². The largest absolute Gasteiger partial charge is 0.494 e. The number of aryl methyl sites for hydroxylation is 1. The summed E-state index contributed by atoms with van der Waals surface area (Å²) in [6.45, 7) is 4.30. The minimum Gasteiger partial charge on any atom is -0.494 e. The maximum absolute atomic E-state index is 12.5. The fraction of sp³-hybridized carbons (Fsp3) is 0.211. The first-order valence-electron chi connectivity index (χ1n) is 8.06. The second-order valence-electron chi connectivity index (χ2n) is 5.65. The van der Waals surface area contributed by atoms with Crippen molar-refractivity contribution in [1.29, 1.82) is 0 Å². The molecule has 2 aromatic carbocycles. The molecule has 1 heterocycles. The van der Waals surface area contributed by atoms with Crippen molar-refractivity contribution in [3.63, 3.8) is 0 Å². The Labute approximate surface area is 145 Å². The van der Waals surface area contributed by atoms with Crippen molar-refractivity contribution in [2.75, 3.05) is 11.9 Å². The molecule has 0 aliphatic heterocycles. The molecule has 25 heavy (non-hydrogen) atoms. The number of amides is 1. The Morgan fingerprint density at radius 1 is 1.20 bits per heavy atom. The van der Waals surface area contributed by atoms with Crippen LogP contribution in [0.15, 0.2) is 53.6 Å². The number of carbonyl (C=O) groups excluding carboxylic acids is 1. The van der Waals surface area contributed by atoms with Gasteiger partial charge in [0.05, 0.1) is 23.8 Å². The molecule has 3 aromatic rings. The van der Waals surface area contributed by atoms with Crippen molar-refractivity contribution in [2.45, 2.75) is 20.4 Å². The molecular weight excluding hydrogens is 318 g/mol. The number of rotatable bonds is 5. The molecule has 6 nitrogen and oxygen atoms in total. The quantitative estimate of drug-likeness (QED) is 0.777. The summed E-state index contributed by atoms with van der Waals surface area (Å²) in [7, 11) is 0. The van der Waals surface area contributed by atoms with E-state index in [-0.39, 0.29) is 18.0 Å². The zero-order chi connectivity index (χ0) is 17.8. The number of anilines is 1. The van der Waals surface area contributed by atoms with Crippen molar-refractivity contribution in [1.82, 2.24) is 9.55 Å². The van der Waals surface area contributed by atoms with Crippen LogP contribution in [0, 0.1) is 6.92 Å². The van der Waals surface area contributed by atoms with E-state index in [1.165, 1.54) is 10.9 Å². The molecule has 0 bridgehead atoms. The molecule has 0 unspecified atom stereocenters. The topological polar surface area (TPSA) is 73.2 Å². The van der Waals surface area contributed by atoms with Gasteiger partial charge in [-0.2, -0.15) is 0 Å². The third-order valence-electron chi connectivity index (χ3n) is 3.82. The second kappa shape index (κ2) is 7.17. The molecule has 1 amide bonds. The van der Waals surface area contributed by atoms with Crippen LogP contribution in [0.2, 0.25) is 0 Å². The number of ether oxygens (including phenoxy) is 1. The lowest BCUT2D eigenvalue weighted by Gasteiger charge is -2.09. The highest BCUT2D eigenvalue weighted by Gasteiger charge is 2.09. The number of carbonyl (C=O) groups is 1. The van der Waals surface area contributed by atoms with Gasteiger partial charge in [0.1, 0.15) is 12.3 Å². The first kappa shape index (κ1) is 16.7. The highest BCUT2D eigenvalue weighted by atomic mass is 16.5. The highest BCUT2D eigenvalue weighted by Crippen LogP contribution is 2.15. The smallest absolute Gasteiger partial charge is 0.261 e. The van der Waals surface area contributed by atoms with E-state index < -0.39 is 0 Å². The Morgan fingerprint density at radius 3 is 2.68 bits per heavy atom. The lowest BCUT2D eigenvalue weighted by atomic mass is 10.1. The molecule has 3 rings (SSSR count). The van der Waals surface area contributed by atoms with Crippen molar-refractivity contribution in [3.8, 4) is 5.75 Å². The molecule has 6 heteroatoms. The van der Waals surface area contributed by atoms with Gasteiger partial charge in [0.2, 0.25) is 5.91 Å². The minimum atomic E-state index is -0.292. The van der Waals surface area contributed by atoms with E-state index in [0.717, 1.165) is 11.3 Å². The molecule has 0 radical (unpaired) electrons. The number of hydrogen-bond acceptors (Lipinski definition) is 4. The number of fused-ring (bicyclic) bond motifs is 1. The van der Waals surface area contributed by atoms with Crippen LogP contribution >= 0.6 is 0 Å². The summed E-state index contributed by atoms with van der Waals surface area (Å²) in [4.78, 5) is 29.0. The second-order valence-corrected chi connectivity index (χ2v) is 5.65. The average molecular weight is 337 g/mol. The van der Waals surface area contributed by atoms with Gasteiger partial charge in [0.15, 0.2) is 0 Å². The van der Waals surface area contributed by atoms with E-state index in [4.69, 9.17) is 4.74 Å². The first-order valence-corrected chi connectivity index (χ1v) is 8.06. The van der Waals surface area contributed by atoms with Gasteiger partial charge in [0, 0.05) is 5.69 Å². The number of nitrogens with one attached hydrogen (secondary N) is 1. The van der Waals surface area contributed by atoms with Crippen LogP contribution in [-0.2, 0) is 11.3 Å². The van der Waals surface area contributed by atoms with Crippen molar-refractivity contribution in [3.05, 3.63) is 64.7 Å². The summed E-state index contributed by atoms with van der Waals surface area (Å²) in [5, 5.41) is 3.27. The minimum absolute atomic E-state index is 0.0943. The lowest BCUT2D eigenvalue weighted by molar-refractivity contribution is -0.116. The zero-order valence-electron chi connectivity index (χ0n) is 14.2. The maximum Gasteiger partial charge on any atom is 0.261 e. The summed E-state index contributed by atoms with van der Waals surface area (Å²) in [6.07, 6.45) is 1.41. The van der Waals surface area contributed by atoms with E-state index in [1.807, 2.05) is 26.0 Å². The molecule has 1 N–H and O–H groups in total. The average Bonchev–Trinajstić information content (AvgIpc) is 2.60. The highest BCUT2D eigenvalue weighted by molar-refractivity contribution is 5.90. The molecule has 0 aliphatic rings. The molecule has 0 aliphatic carbocycles. The number of para-hydroxylation sites is 1. The molecule has 0 saturated carbocycles. The van der Waals surface area contributed by atoms with Gasteiger partial charge in [-0.25, -0.2) is 4.98 Å². The van der Waals surface area contributed by atoms with Gasteiger partial charge in [-0.05, 0) is 49.7 Å². The Balaban J connectivity index is 1.76. The van der Waals surface area contributed by atoms with Crippen molar-refractivity contribution >= 4 is 22.5 Å². The van der Waals surface area contributed by atoms with E-state index in [2.05, 4.69) is 10.3 Å². The number of hydrogen-bond donors (Lipinski definition) is 1. The van der Waals surface area contributed by atoms with Crippen LogP contribution in [0.3, 0.4) is 0 Å². The summed E-state index contributed by atoms with van der Waals surface area (Å²) < 4.78 is 6.67. The van der Waals surface area contributed by atoms with Gasteiger partial charge in [-0.15, -0.1) is 0 Å². The van der Waals surface area contributed by atoms with E-state index >= 15 is 0 Å². The summed E-state index contributed by atoms with van der Waals surface area (Å²) >= 11 is 0. The van der Waals surface area contributed by atoms with Crippen LogP contribution < -0.4 is 15.6 Å². The Morgan fingerprint density at radius 2 is 1.96 bits per heavy atom.